The second-order valence-corrected chi connectivity index (χ2v) is 5.58. The molecule has 0 aliphatic heterocycles. The fourth-order valence-corrected chi connectivity index (χ4v) is 2.92. The van der Waals surface area contributed by atoms with Gasteiger partial charge in [-0.2, -0.15) is 5.26 Å². The van der Waals surface area contributed by atoms with Crippen LogP contribution in [0.15, 0.2) is 33.9 Å². The summed E-state index contributed by atoms with van der Waals surface area (Å²) in [5.41, 5.74) is 1.25. The van der Waals surface area contributed by atoms with Crippen LogP contribution in [0.4, 0.5) is 0 Å². The van der Waals surface area contributed by atoms with Crippen molar-refractivity contribution in [3.05, 3.63) is 67.1 Å². The van der Waals surface area contributed by atoms with Crippen molar-refractivity contribution < 1.29 is 5.11 Å². The van der Waals surface area contributed by atoms with Gasteiger partial charge < -0.3 is 10.1 Å². The van der Waals surface area contributed by atoms with Crippen LogP contribution < -0.4 is 16.5 Å². The lowest BCUT2D eigenvalue weighted by molar-refractivity contribution is 0.454. The van der Waals surface area contributed by atoms with Crippen LogP contribution in [0.3, 0.4) is 0 Å². The summed E-state index contributed by atoms with van der Waals surface area (Å²) in [7, 11) is 0. The summed E-state index contributed by atoms with van der Waals surface area (Å²) in [4.78, 5) is 33.3. The first-order chi connectivity index (χ1) is 12.0. The number of aromatic amines is 2. The zero-order valence-corrected chi connectivity index (χ0v) is 13.0. The van der Waals surface area contributed by atoms with Crippen LogP contribution in [0.5, 0.6) is 5.88 Å². The zero-order valence-electron chi connectivity index (χ0n) is 13.0. The van der Waals surface area contributed by atoms with Crippen LogP contribution in [0.25, 0.3) is 22.8 Å². The van der Waals surface area contributed by atoms with Crippen LogP contribution in [-0.4, -0.2) is 24.5 Å². The average molecular weight is 333 g/mol. The number of nitrogens with one attached hydrogen (secondary N) is 2. The second-order valence-electron chi connectivity index (χ2n) is 5.58. The summed E-state index contributed by atoms with van der Waals surface area (Å²) >= 11 is 0. The smallest absolute Gasteiger partial charge is 0.326 e. The summed E-state index contributed by atoms with van der Waals surface area (Å²) in [6.07, 6.45) is 1.35. The van der Waals surface area contributed by atoms with E-state index in [0.29, 0.717) is 16.6 Å². The number of benzene rings is 1. The van der Waals surface area contributed by atoms with Crippen LogP contribution in [0.2, 0.25) is 0 Å². The summed E-state index contributed by atoms with van der Waals surface area (Å²) in [6, 6.07) is 9.17. The number of hydrogen-bond acceptors (Lipinski definition) is 5. The first kappa shape index (κ1) is 14.7. The zero-order chi connectivity index (χ0) is 17.7. The molecule has 4 aromatic rings. The number of nitrogens with zero attached hydrogens (tertiary/aromatic N) is 3. The number of nitriles is 1. The molecule has 0 amide bonds. The predicted molar refractivity (Wildman–Crippen MR) is 90.3 cm³/mol. The lowest BCUT2D eigenvalue weighted by Crippen LogP contribution is -2.34. The highest BCUT2D eigenvalue weighted by Crippen LogP contribution is 2.18. The van der Waals surface area contributed by atoms with E-state index in [9.17, 15) is 20.0 Å². The first-order valence-corrected chi connectivity index (χ1v) is 7.38. The van der Waals surface area contributed by atoms with Gasteiger partial charge in [-0.15, -0.1) is 0 Å². The highest BCUT2D eigenvalue weighted by atomic mass is 16.3. The molecule has 0 radical (unpaired) electrons. The molecule has 8 nitrogen and oxygen atoms in total. The molecule has 3 N–H and O–H groups in total. The maximum Gasteiger partial charge on any atom is 0.326 e. The Morgan fingerprint density at radius 3 is 2.72 bits per heavy atom. The number of rotatable bonds is 1. The van der Waals surface area contributed by atoms with Gasteiger partial charge in [0.05, 0.1) is 16.6 Å². The summed E-state index contributed by atoms with van der Waals surface area (Å²) in [5, 5.41) is 19.5. The molecule has 0 spiro atoms. The van der Waals surface area contributed by atoms with E-state index in [1.165, 1.54) is 10.5 Å². The standard InChI is InChI=1S/C17H11N5O3/c1-8-9(6-12-15(23)21-17(25)20-12)16(24)22-13-5-3-2-4-11(13)19-14(22)10(8)7-18/h2-6,23H,1H3,(H2,20,21,25)/b9-6-. The molecule has 3 aromatic heterocycles. The molecule has 3 heterocycles. The molecule has 4 rings (SSSR count). The minimum Gasteiger partial charge on any atom is -0.493 e. The van der Waals surface area contributed by atoms with E-state index >= 15 is 0 Å². The van der Waals surface area contributed by atoms with Gasteiger partial charge in [0.15, 0.2) is 5.65 Å². The summed E-state index contributed by atoms with van der Waals surface area (Å²) in [5.74, 6) is -0.377. The van der Waals surface area contributed by atoms with Crippen molar-refractivity contribution in [3.8, 4) is 11.9 Å². The lowest BCUT2D eigenvalue weighted by atomic mass is 10.1. The first-order valence-electron chi connectivity index (χ1n) is 7.38. The van der Waals surface area contributed by atoms with Gasteiger partial charge in [0.1, 0.15) is 11.8 Å². The molecule has 1 aromatic carbocycles. The number of para-hydroxylation sites is 2. The third-order valence-corrected chi connectivity index (χ3v) is 4.13. The van der Waals surface area contributed by atoms with Gasteiger partial charge in [-0.05, 0) is 30.7 Å². The Kier molecular flexibility index (Phi) is 2.99. The topological polar surface area (TPSA) is 127 Å². The molecule has 0 bridgehead atoms. The van der Waals surface area contributed by atoms with Crippen molar-refractivity contribution in [2.24, 2.45) is 0 Å². The molecular weight excluding hydrogens is 322 g/mol. The predicted octanol–water partition coefficient (Wildman–Crippen LogP) is 0.297. The second kappa shape index (κ2) is 5.07. The van der Waals surface area contributed by atoms with E-state index in [0.717, 1.165) is 0 Å². The van der Waals surface area contributed by atoms with Gasteiger partial charge in [0.25, 0.3) is 5.56 Å². The van der Waals surface area contributed by atoms with E-state index in [4.69, 9.17) is 0 Å². The molecule has 0 saturated carbocycles. The number of fused-ring (bicyclic) bond motifs is 3. The Morgan fingerprint density at radius 1 is 1.28 bits per heavy atom. The van der Waals surface area contributed by atoms with Gasteiger partial charge in [0.2, 0.25) is 5.88 Å². The van der Waals surface area contributed by atoms with E-state index in [2.05, 4.69) is 21.0 Å². The molecule has 25 heavy (non-hydrogen) atoms. The maximum absolute atomic E-state index is 13.0. The fraction of sp³-hybridized carbons (Fsp3) is 0.0588. The van der Waals surface area contributed by atoms with Crippen LogP contribution >= 0.6 is 0 Å². The van der Waals surface area contributed by atoms with Gasteiger partial charge in [-0.3, -0.25) is 14.2 Å². The van der Waals surface area contributed by atoms with E-state index in [1.54, 1.807) is 31.2 Å². The molecule has 0 atom stereocenters. The molecular formula is C17H11N5O3. The van der Waals surface area contributed by atoms with Crippen LogP contribution in [0.1, 0.15) is 16.8 Å². The number of H-pyrrole nitrogens is 2. The monoisotopic (exact) mass is 333 g/mol. The molecule has 0 unspecified atom stereocenters. The number of aromatic nitrogens is 4. The van der Waals surface area contributed by atoms with E-state index < -0.39 is 5.69 Å². The van der Waals surface area contributed by atoms with Gasteiger partial charge >= 0.3 is 5.69 Å². The van der Waals surface area contributed by atoms with Crippen molar-refractivity contribution in [1.29, 1.82) is 5.26 Å². The molecule has 0 saturated heterocycles. The van der Waals surface area contributed by atoms with Gasteiger partial charge in [-0.1, -0.05) is 12.1 Å². The highest BCUT2D eigenvalue weighted by molar-refractivity contribution is 5.82. The third-order valence-electron chi connectivity index (χ3n) is 4.13. The number of aromatic hydroxyl groups is 1. The Bertz CT molecular complexity index is 1370. The minimum atomic E-state index is -0.594. The third kappa shape index (κ3) is 2.03. The van der Waals surface area contributed by atoms with Crippen molar-refractivity contribution >= 4 is 22.8 Å². The Hall–Kier alpha value is -3.86. The molecule has 0 aliphatic rings. The van der Waals surface area contributed by atoms with Crippen molar-refractivity contribution in [2.45, 2.75) is 6.92 Å². The average Bonchev–Trinajstić information content (AvgIpc) is 3.11. The van der Waals surface area contributed by atoms with Gasteiger partial charge in [-0.25, -0.2) is 9.78 Å². The Labute approximate surface area is 139 Å². The number of imidazole rings is 2. The van der Waals surface area contributed by atoms with Crippen molar-refractivity contribution in [3.63, 3.8) is 0 Å². The molecule has 0 fully saturated rings. The number of pyridine rings is 1. The Morgan fingerprint density at radius 2 is 2.04 bits per heavy atom. The van der Waals surface area contributed by atoms with E-state index in [-0.39, 0.29) is 33.6 Å². The lowest BCUT2D eigenvalue weighted by Gasteiger charge is -2.02. The number of hydrogen-bond donors (Lipinski definition) is 3. The highest BCUT2D eigenvalue weighted by Gasteiger charge is 2.16. The molecule has 0 aliphatic carbocycles. The largest absolute Gasteiger partial charge is 0.493 e. The molecule has 122 valence electrons. The fourth-order valence-electron chi connectivity index (χ4n) is 2.92. The Balaban J connectivity index is 2.25. The van der Waals surface area contributed by atoms with Crippen molar-refractivity contribution in [1.82, 2.24) is 19.4 Å². The van der Waals surface area contributed by atoms with Crippen LogP contribution in [-0.2, 0) is 0 Å². The minimum absolute atomic E-state index is 0.0675. The quantitative estimate of drug-likeness (QED) is 0.461. The van der Waals surface area contributed by atoms with Crippen molar-refractivity contribution in [2.75, 3.05) is 0 Å². The van der Waals surface area contributed by atoms with Gasteiger partial charge in [0, 0.05) is 5.22 Å². The summed E-state index contributed by atoms with van der Waals surface area (Å²) < 4.78 is 1.37. The normalized spacial score (nSPS) is 12.1. The summed E-state index contributed by atoms with van der Waals surface area (Å²) in [6.45, 7) is 1.63. The molecule has 8 heteroatoms. The van der Waals surface area contributed by atoms with E-state index in [1.807, 2.05) is 0 Å². The SMILES string of the molecule is Cc1c(C#N)c2nc3ccccc3n2c(=O)/c1=C\c1[nH]c(=O)[nH]c1O. The maximum atomic E-state index is 13.0. The van der Waals surface area contributed by atoms with Crippen LogP contribution in [0, 0.1) is 18.3 Å².